The number of nitrogens with one attached hydrogen (secondary N) is 1. The second-order valence-corrected chi connectivity index (χ2v) is 4.91. The molecule has 2 aromatic rings. The van der Waals surface area contributed by atoms with Crippen molar-refractivity contribution in [1.29, 1.82) is 0 Å². The molecule has 1 amide bonds. The number of aromatic nitrogens is 1. The van der Waals surface area contributed by atoms with Gasteiger partial charge in [-0.15, -0.1) is 0 Å². The molecule has 5 heteroatoms. The van der Waals surface area contributed by atoms with E-state index in [4.69, 9.17) is 16.3 Å². The zero-order valence-electron chi connectivity index (χ0n) is 11.8. The number of carbonyl (C=O) groups is 1. The predicted octanol–water partition coefficient (Wildman–Crippen LogP) is 2.99. The summed E-state index contributed by atoms with van der Waals surface area (Å²) in [6.07, 6.45) is 3.69. The molecule has 1 N–H and O–H groups in total. The highest BCUT2D eigenvalue weighted by Gasteiger charge is 2.05. The first-order valence-electron chi connectivity index (χ1n) is 6.76. The third kappa shape index (κ3) is 4.76. The summed E-state index contributed by atoms with van der Waals surface area (Å²) in [5, 5.41) is 3.42. The molecule has 0 aliphatic rings. The Bertz CT molecular complexity index is 602. The molecule has 4 nitrogen and oxygen atoms in total. The smallest absolute Gasteiger partial charge is 0.224 e. The Morgan fingerprint density at radius 1 is 1.24 bits per heavy atom. The van der Waals surface area contributed by atoms with Gasteiger partial charge in [0.2, 0.25) is 5.91 Å². The van der Waals surface area contributed by atoms with Gasteiger partial charge in [-0.2, -0.15) is 0 Å². The Labute approximate surface area is 129 Å². The molecule has 1 aromatic carbocycles. The van der Waals surface area contributed by atoms with Crippen LogP contribution in [0, 0.1) is 0 Å². The zero-order valence-corrected chi connectivity index (χ0v) is 12.6. The lowest BCUT2D eigenvalue weighted by Gasteiger charge is -2.09. The summed E-state index contributed by atoms with van der Waals surface area (Å²) in [5.41, 5.74) is 1.87. The van der Waals surface area contributed by atoms with Gasteiger partial charge in [0.05, 0.1) is 18.1 Å². The Balaban J connectivity index is 1.88. The van der Waals surface area contributed by atoms with Gasteiger partial charge in [0.15, 0.2) is 0 Å². The standard InChI is InChI=1S/C16H17ClN2O2/c1-2-21-15-4-3-13(9-14(15)17)11-19-16(20)10-12-5-7-18-8-6-12/h3-9H,2,10-11H2,1H3,(H,19,20). The summed E-state index contributed by atoms with van der Waals surface area (Å²) in [6.45, 7) is 2.92. The number of benzene rings is 1. The van der Waals surface area contributed by atoms with Crippen LogP contribution in [0.1, 0.15) is 18.1 Å². The average Bonchev–Trinajstić information content (AvgIpc) is 2.49. The molecule has 0 bridgehead atoms. The van der Waals surface area contributed by atoms with Crippen molar-refractivity contribution in [3.05, 3.63) is 58.9 Å². The molecule has 0 aliphatic carbocycles. The van der Waals surface area contributed by atoms with Crippen LogP contribution < -0.4 is 10.1 Å². The van der Waals surface area contributed by atoms with E-state index in [1.165, 1.54) is 0 Å². The number of amides is 1. The molecule has 0 unspecified atom stereocenters. The van der Waals surface area contributed by atoms with Crippen molar-refractivity contribution < 1.29 is 9.53 Å². The SMILES string of the molecule is CCOc1ccc(CNC(=O)Cc2ccncc2)cc1Cl. The highest BCUT2D eigenvalue weighted by Crippen LogP contribution is 2.25. The fourth-order valence-electron chi connectivity index (χ4n) is 1.88. The Morgan fingerprint density at radius 2 is 2.00 bits per heavy atom. The van der Waals surface area contributed by atoms with E-state index in [0.29, 0.717) is 30.3 Å². The van der Waals surface area contributed by atoms with Crippen LogP contribution in [-0.2, 0) is 17.8 Å². The molecule has 2 rings (SSSR count). The molecule has 110 valence electrons. The number of rotatable bonds is 6. The van der Waals surface area contributed by atoms with Crippen LogP contribution in [0.15, 0.2) is 42.7 Å². The Morgan fingerprint density at radius 3 is 2.67 bits per heavy atom. The number of ether oxygens (including phenoxy) is 1. The van der Waals surface area contributed by atoms with Gasteiger partial charge < -0.3 is 10.1 Å². The first kappa shape index (κ1) is 15.3. The van der Waals surface area contributed by atoms with Gasteiger partial charge >= 0.3 is 0 Å². The van der Waals surface area contributed by atoms with Crippen molar-refractivity contribution in [1.82, 2.24) is 10.3 Å². The van der Waals surface area contributed by atoms with Gasteiger partial charge in [0.25, 0.3) is 0 Å². The second kappa shape index (κ2) is 7.64. The highest BCUT2D eigenvalue weighted by atomic mass is 35.5. The third-order valence-electron chi connectivity index (χ3n) is 2.90. The first-order chi connectivity index (χ1) is 10.2. The predicted molar refractivity (Wildman–Crippen MR) is 82.4 cm³/mol. The van der Waals surface area contributed by atoms with E-state index in [2.05, 4.69) is 10.3 Å². The monoisotopic (exact) mass is 304 g/mol. The number of hydrogen-bond acceptors (Lipinski definition) is 3. The van der Waals surface area contributed by atoms with Crippen molar-refractivity contribution in [2.24, 2.45) is 0 Å². The van der Waals surface area contributed by atoms with Crippen LogP contribution >= 0.6 is 11.6 Å². The largest absolute Gasteiger partial charge is 0.492 e. The van der Waals surface area contributed by atoms with Crippen LogP contribution in [-0.4, -0.2) is 17.5 Å². The van der Waals surface area contributed by atoms with Crippen molar-refractivity contribution in [2.45, 2.75) is 19.9 Å². The molecular weight excluding hydrogens is 288 g/mol. The number of nitrogens with zero attached hydrogens (tertiary/aromatic N) is 1. The minimum atomic E-state index is -0.0359. The normalized spacial score (nSPS) is 10.2. The average molecular weight is 305 g/mol. The highest BCUT2D eigenvalue weighted by molar-refractivity contribution is 6.32. The van der Waals surface area contributed by atoms with E-state index in [9.17, 15) is 4.79 Å². The molecule has 0 saturated heterocycles. The number of pyridine rings is 1. The quantitative estimate of drug-likeness (QED) is 0.892. The second-order valence-electron chi connectivity index (χ2n) is 4.51. The van der Waals surface area contributed by atoms with E-state index in [1.54, 1.807) is 18.5 Å². The maximum absolute atomic E-state index is 11.9. The lowest BCUT2D eigenvalue weighted by atomic mass is 10.2. The van der Waals surface area contributed by atoms with Gasteiger partial charge in [0.1, 0.15) is 5.75 Å². The molecular formula is C16H17ClN2O2. The number of halogens is 1. The summed E-state index contributed by atoms with van der Waals surface area (Å²) < 4.78 is 5.37. The summed E-state index contributed by atoms with van der Waals surface area (Å²) in [7, 11) is 0. The maximum atomic E-state index is 11.9. The molecule has 1 aromatic heterocycles. The van der Waals surface area contributed by atoms with Crippen LogP contribution in [0.2, 0.25) is 5.02 Å². The van der Waals surface area contributed by atoms with E-state index in [-0.39, 0.29) is 5.91 Å². The lowest BCUT2D eigenvalue weighted by molar-refractivity contribution is -0.120. The van der Waals surface area contributed by atoms with E-state index in [0.717, 1.165) is 11.1 Å². The molecule has 0 fully saturated rings. The van der Waals surface area contributed by atoms with Gasteiger partial charge in [-0.3, -0.25) is 9.78 Å². The zero-order chi connectivity index (χ0) is 15.1. The fraction of sp³-hybridized carbons (Fsp3) is 0.250. The summed E-state index contributed by atoms with van der Waals surface area (Å²) in [4.78, 5) is 15.8. The van der Waals surface area contributed by atoms with Crippen molar-refractivity contribution >= 4 is 17.5 Å². The Hall–Kier alpha value is -2.07. The van der Waals surface area contributed by atoms with Gasteiger partial charge in [-0.25, -0.2) is 0 Å². The lowest BCUT2D eigenvalue weighted by Crippen LogP contribution is -2.24. The molecule has 0 spiro atoms. The molecule has 0 aliphatic heterocycles. The summed E-state index contributed by atoms with van der Waals surface area (Å²) in [5.74, 6) is 0.622. The van der Waals surface area contributed by atoms with Crippen LogP contribution in [0.25, 0.3) is 0 Å². The van der Waals surface area contributed by atoms with Gasteiger partial charge in [-0.05, 0) is 42.3 Å². The summed E-state index contributed by atoms with van der Waals surface area (Å²) in [6, 6.07) is 9.17. The summed E-state index contributed by atoms with van der Waals surface area (Å²) >= 11 is 6.11. The molecule has 0 saturated carbocycles. The van der Waals surface area contributed by atoms with Crippen LogP contribution in [0.5, 0.6) is 5.75 Å². The molecule has 0 radical (unpaired) electrons. The number of carbonyl (C=O) groups excluding carboxylic acids is 1. The van der Waals surface area contributed by atoms with Gasteiger partial charge in [0, 0.05) is 18.9 Å². The van der Waals surface area contributed by atoms with Crippen LogP contribution in [0.4, 0.5) is 0 Å². The Kier molecular flexibility index (Phi) is 5.58. The van der Waals surface area contributed by atoms with Crippen LogP contribution in [0.3, 0.4) is 0 Å². The van der Waals surface area contributed by atoms with Crippen molar-refractivity contribution in [3.8, 4) is 5.75 Å². The van der Waals surface area contributed by atoms with Crippen molar-refractivity contribution in [2.75, 3.05) is 6.61 Å². The van der Waals surface area contributed by atoms with E-state index < -0.39 is 0 Å². The molecule has 0 atom stereocenters. The topological polar surface area (TPSA) is 51.2 Å². The van der Waals surface area contributed by atoms with E-state index >= 15 is 0 Å². The number of hydrogen-bond donors (Lipinski definition) is 1. The minimum absolute atomic E-state index is 0.0359. The maximum Gasteiger partial charge on any atom is 0.224 e. The first-order valence-corrected chi connectivity index (χ1v) is 7.13. The van der Waals surface area contributed by atoms with Gasteiger partial charge in [-0.1, -0.05) is 17.7 Å². The fourth-order valence-corrected chi connectivity index (χ4v) is 2.13. The molecule has 21 heavy (non-hydrogen) atoms. The van der Waals surface area contributed by atoms with E-state index in [1.807, 2.05) is 31.2 Å². The third-order valence-corrected chi connectivity index (χ3v) is 3.20. The minimum Gasteiger partial charge on any atom is -0.492 e. The van der Waals surface area contributed by atoms with Crippen molar-refractivity contribution in [3.63, 3.8) is 0 Å². The molecule has 1 heterocycles.